The molecule has 0 aliphatic carbocycles. The summed E-state index contributed by atoms with van der Waals surface area (Å²) in [4.78, 5) is 4.08. The first-order valence-corrected chi connectivity index (χ1v) is 10.7. The molecule has 3 aromatic rings. The molecule has 2 aromatic carbocycles. The van der Waals surface area contributed by atoms with E-state index in [0.29, 0.717) is 5.67 Å². The molecule has 0 N–H and O–H groups in total. The Bertz CT molecular complexity index is 719. The largest absolute Gasteiger partial charge is 0.253 e. The Hall–Kier alpha value is -2.20. The Labute approximate surface area is 132 Å². The van der Waals surface area contributed by atoms with Gasteiger partial charge in [-0.25, -0.2) is 4.98 Å². The molecule has 0 saturated carbocycles. The maximum atomic E-state index is 4.31. The average Bonchev–Trinajstić information content (AvgIpc) is 3.09. The third kappa shape index (κ3) is 2.74. The summed E-state index contributed by atoms with van der Waals surface area (Å²) in [5.74, 6) is 0. The van der Waals surface area contributed by atoms with Gasteiger partial charge in [0, 0.05) is 5.67 Å². The normalized spacial score (nSPS) is 13.0. The minimum absolute atomic E-state index is 0.373. The summed E-state index contributed by atoms with van der Waals surface area (Å²) >= 11 is 0. The lowest BCUT2D eigenvalue weighted by molar-refractivity contribution is 0.611. The second-order valence-electron chi connectivity index (χ2n) is 6.22. The zero-order valence-corrected chi connectivity index (χ0v) is 14.3. The van der Waals surface area contributed by atoms with Crippen molar-refractivity contribution in [3.05, 3.63) is 67.3 Å². The van der Waals surface area contributed by atoms with Crippen molar-refractivity contribution < 1.29 is 0 Å². The van der Waals surface area contributed by atoms with E-state index in [1.54, 1.807) is 6.33 Å². The highest BCUT2D eigenvalue weighted by atomic mass is 28.3. The van der Waals surface area contributed by atoms with Crippen molar-refractivity contribution in [2.24, 2.45) is 0 Å². The van der Waals surface area contributed by atoms with Gasteiger partial charge in [-0.2, -0.15) is 5.10 Å². The maximum absolute atomic E-state index is 4.31. The minimum atomic E-state index is -1.65. The van der Waals surface area contributed by atoms with Crippen molar-refractivity contribution in [1.29, 1.82) is 0 Å². The van der Waals surface area contributed by atoms with E-state index in [4.69, 9.17) is 0 Å². The van der Waals surface area contributed by atoms with Crippen molar-refractivity contribution in [2.75, 3.05) is 0 Å². The highest BCUT2D eigenvalue weighted by Gasteiger charge is 2.32. The molecule has 1 aromatic heterocycles. The van der Waals surface area contributed by atoms with E-state index in [0.717, 1.165) is 0 Å². The van der Waals surface area contributed by atoms with Gasteiger partial charge in [-0.1, -0.05) is 72.9 Å². The highest BCUT2D eigenvalue weighted by Crippen LogP contribution is 2.22. The van der Waals surface area contributed by atoms with Gasteiger partial charge in [-0.3, -0.25) is 4.68 Å². The fraction of sp³-hybridized carbons (Fsp3) is 0.222. The molecule has 0 saturated heterocycles. The van der Waals surface area contributed by atoms with Gasteiger partial charge in [0.05, 0.1) is 0 Å². The summed E-state index contributed by atoms with van der Waals surface area (Å²) in [6.07, 6.45) is 3.43. The van der Waals surface area contributed by atoms with Crippen molar-refractivity contribution in [2.45, 2.75) is 25.7 Å². The Morgan fingerprint density at radius 2 is 1.55 bits per heavy atom. The lowest BCUT2D eigenvalue weighted by Crippen LogP contribution is -2.48. The van der Waals surface area contributed by atoms with E-state index in [2.05, 4.69) is 78.6 Å². The monoisotopic (exact) mass is 307 g/mol. The number of hydrogen-bond acceptors (Lipinski definition) is 2. The van der Waals surface area contributed by atoms with E-state index in [9.17, 15) is 0 Å². The van der Waals surface area contributed by atoms with Crippen molar-refractivity contribution in [3.63, 3.8) is 0 Å². The van der Waals surface area contributed by atoms with Crippen LogP contribution >= 0.6 is 0 Å². The molecule has 0 aliphatic heterocycles. The summed E-state index contributed by atoms with van der Waals surface area (Å²) in [6, 6.07) is 19.5. The average molecular weight is 307 g/mol. The van der Waals surface area contributed by atoms with E-state index in [-0.39, 0.29) is 0 Å². The van der Waals surface area contributed by atoms with Crippen molar-refractivity contribution >= 4 is 13.3 Å². The van der Waals surface area contributed by atoms with Crippen molar-refractivity contribution in [1.82, 2.24) is 14.8 Å². The Kier molecular flexibility index (Phi) is 3.94. The number of rotatable bonds is 4. The SMILES string of the molecule is CC(n1cncn1)[Si](C)(C)c1ccc(-c2ccccc2)cc1. The van der Waals surface area contributed by atoms with Crippen LogP contribution in [0.3, 0.4) is 0 Å². The highest BCUT2D eigenvalue weighted by molar-refractivity contribution is 6.90. The molecule has 0 radical (unpaired) electrons. The van der Waals surface area contributed by atoms with Gasteiger partial charge < -0.3 is 0 Å². The molecule has 22 heavy (non-hydrogen) atoms. The maximum Gasteiger partial charge on any atom is 0.137 e. The molecule has 0 bridgehead atoms. The van der Waals surface area contributed by atoms with Crippen LogP contribution < -0.4 is 5.19 Å². The Morgan fingerprint density at radius 1 is 0.909 bits per heavy atom. The lowest BCUT2D eigenvalue weighted by Gasteiger charge is -2.30. The predicted octanol–water partition coefficient (Wildman–Crippen LogP) is 3.66. The van der Waals surface area contributed by atoms with Gasteiger partial charge in [0.15, 0.2) is 0 Å². The zero-order chi connectivity index (χ0) is 15.6. The third-order valence-electron chi connectivity index (χ3n) is 4.61. The van der Waals surface area contributed by atoms with Crippen molar-refractivity contribution in [3.8, 4) is 11.1 Å². The number of benzene rings is 2. The molecule has 1 heterocycles. The standard InChI is InChI=1S/C18H21N3Si/c1-15(21-14-19-13-20-21)22(2,3)18-11-9-17(10-12-18)16-7-5-4-6-8-16/h4-15H,1-3H3. The van der Waals surface area contributed by atoms with Crippen LogP contribution in [0.25, 0.3) is 11.1 Å². The minimum Gasteiger partial charge on any atom is -0.253 e. The number of hydrogen-bond donors (Lipinski definition) is 0. The topological polar surface area (TPSA) is 30.7 Å². The predicted molar refractivity (Wildman–Crippen MR) is 93.7 cm³/mol. The van der Waals surface area contributed by atoms with Gasteiger partial charge in [0.2, 0.25) is 0 Å². The summed E-state index contributed by atoms with van der Waals surface area (Å²) in [5.41, 5.74) is 2.90. The molecular formula is C18H21N3Si. The van der Waals surface area contributed by atoms with Gasteiger partial charge >= 0.3 is 0 Å². The molecular weight excluding hydrogens is 286 g/mol. The molecule has 112 valence electrons. The first-order valence-electron chi connectivity index (χ1n) is 7.59. The van der Waals surface area contributed by atoms with Gasteiger partial charge in [-0.05, 0) is 18.1 Å². The summed E-state index contributed by atoms with van der Waals surface area (Å²) in [6.45, 7) is 7.01. The Morgan fingerprint density at radius 3 is 2.14 bits per heavy atom. The van der Waals surface area contributed by atoms with Crippen LogP contribution in [0.15, 0.2) is 67.3 Å². The number of nitrogens with zero attached hydrogens (tertiary/aromatic N) is 3. The second-order valence-corrected chi connectivity index (χ2v) is 11.1. The first-order chi connectivity index (χ1) is 10.6. The van der Waals surface area contributed by atoms with E-state index in [1.807, 2.05) is 17.1 Å². The quantitative estimate of drug-likeness (QED) is 0.689. The van der Waals surface area contributed by atoms with Crippen LogP contribution in [0, 0.1) is 0 Å². The molecule has 4 heteroatoms. The van der Waals surface area contributed by atoms with Crippen LogP contribution in [0.4, 0.5) is 0 Å². The molecule has 0 spiro atoms. The molecule has 0 aliphatic rings. The summed E-state index contributed by atoms with van der Waals surface area (Å²) in [7, 11) is -1.65. The molecule has 1 unspecified atom stereocenters. The third-order valence-corrected chi connectivity index (χ3v) is 8.79. The smallest absolute Gasteiger partial charge is 0.137 e. The first kappa shape index (κ1) is 14.7. The fourth-order valence-corrected chi connectivity index (χ4v) is 5.01. The molecule has 0 amide bonds. The van der Waals surface area contributed by atoms with E-state index in [1.165, 1.54) is 16.3 Å². The van der Waals surface area contributed by atoms with E-state index >= 15 is 0 Å². The second kappa shape index (κ2) is 5.89. The van der Waals surface area contributed by atoms with Crippen LogP contribution in [0.5, 0.6) is 0 Å². The van der Waals surface area contributed by atoms with Crippen LogP contribution in [0.1, 0.15) is 12.6 Å². The molecule has 3 nitrogen and oxygen atoms in total. The lowest BCUT2D eigenvalue weighted by atomic mass is 10.1. The fourth-order valence-electron chi connectivity index (χ4n) is 2.71. The number of aromatic nitrogens is 3. The van der Waals surface area contributed by atoms with Crippen LogP contribution in [0.2, 0.25) is 13.1 Å². The van der Waals surface area contributed by atoms with Gasteiger partial charge in [0.1, 0.15) is 20.7 Å². The summed E-state index contributed by atoms with van der Waals surface area (Å²) in [5, 5.41) is 5.75. The zero-order valence-electron chi connectivity index (χ0n) is 13.3. The Balaban J connectivity index is 1.89. The van der Waals surface area contributed by atoms with Crippen LogP contribution in [-0.2, 0) is 0 Å². The molecule has 3 rings (SSSR count). The van der Waals surface area contributed by atoms with Crippen LogP contribution in [-0.4, -0.2) is 22.8 Å². The van der Waals surface area contributed by atoms with Gasteiger partial charge in [-0.15, -0.1) is 0 Å². The molecule has 1 atom stereocenters. The molecule has 0 fully saturated rings. The van der Waals surface area contributed by atoms with Gasteiger partial charge in [0.25, 0.3) is 0 Å². The summed E-state index contributed by atoms with van der Waals surface area (Å²) < 4.78 is 1.98. The van der Waals surface area contributed by atoms with E-state index < -0.39 is 8.07 Å².